The van der Waals surface area contributed by atoms with Gasteiger partial charge < -0.3 is 10.6 Å². The molecule has 0 fully saturated rings. The molecule has 4 rings (SSSR count). The first-order valence-corrected chi connectivity index (χ1v) is 10.3. The minimum atomic E-state index is -0.451. The van der Waals surface area contributed by atoms with Gasteiger partial charge in [-0.1, -0.05) is 6.08 Å². The average molecular weight is 425 g/mol. The maximum atomic E-state index is 11.7. The van der Waals surface area contributed by atoms with Crippen molar-refractivity contribution in [2.24, 2.45) is 10.7 Å². The summed E-state index contributed by atoms with van der Waals surface area (Å²) in [6.45, 7) is 3.75. The third kappa shape index (κ3) is 5.17. The molecule has 1 amide bonds. The quantitative estimate of drug-likeness (QED) is 0.741. The summed E-state index contributed by atoms with van der Waals surface area (Å²) in [4.78, 5) is 54.0. The summed E-state index contributed by atoms with van der Waals surface area (Å²) in [5.74, 6) is 0.525. The van der Waals surface area contributed by atoms with Crippen LogP contribution in [-0.2, 0) is 29.0 Å². The first-order chi connectivity index (χ1) is 14.8. The molecule has 9 nitrogen and oxygen atoms in total. The maximum absolute atomic E-state index is 11.7. The molecule has 0 bridgehead atoms. The number of aromatic nitrogens is 2. The summed E-state index contributed by atoms with van der Waals surface area (Å²) >= 11 is 0. The number of rotatable bonds is 4. The van der Waals surface area contributed by atoms with Gasteiger partial charge >= 0.3 is 5.69 Å². The summed E-state index contributed by atoms with van der Waals surface area (Å²) in [6.07, 6.45) is 13.0. The zero-order valence-electron chi connectivity index (χ0n) is 17.8. The van der Waals surface area contributed by atoms with Crippen molar-refractivity contribution >= 4 is 17.5 Å². The van der Waals surface area contributed by atoms with Crippen molar-refractivity contribution in [2.75, 3.05) is 0 Å². The molecule has 1 aromatic heterocycles. The fourth-order valence-corrected chi connectivity index (χ4v) is 3.87. The number of amidine groups is 1. The summed E-state index contributed by atoms with van der Waals surface area (Å²) in [6, 6.07) is -0.191. The second kappa shape index (κ2) is 9.55. The zero-order valence-corrected chi connectivity index (χ0v) is 17.8. The molecule has 3 N–H and O–H groups in total. The van der Waals surface area contributed by atoms with Crippen molar-refractivity contribution < 1.29 is 9.59 Å². The van der Waals surface area contributed by atoms with E-state index in [0.29, 0.717) is 18.4 Å². The van der Waals surface area contributed by atoms with Crippen molar-refractivity contribution in [1.82, 2.24) is 14.5 Å². The van der Waals surface area contributed by atoms with E-state index in [2.05, 4.69) is 9.98 Å². The van der Waals surface area contributed by atoms with Crippen molar-refractivity contribution in [2.45, 2.75) is 58.5 Å². The summed E-state index contributed by atoms with van der Waals surface area (Å²) in [5.41, 5.74) is 6.68. The Bertz CT molecular complexity index is 1120. The van der Waals surface area contributed by atoms with Crippen molar-refractivity contribution in [3.8, 4) is 0 Å². The van der Waals surface area contributed by atoms with E-state index < -0.39 is 11.6 Å². The van der Waals surface area contributed by atoms with Crippen LogP contribution in [0.25, 0.3) is 0 Å². The number of nitrogens with zero attached hydrogens (tertiary/aromatic N) is 3. The number of hydrogen-bond donors (Lipinski definition) is 2. The van der Waals surface area contributed by atoms with Crippen LogP contribution in [0.3, 0.4) is 0 Å². The predicted molar refractivity (Wildman–Crippen MR) is 118 cm³/mol. The van der Waals surface area contributed by atoms with Gasteiger partial charge in [0.1, 0.15) is 11.9 Å². The van der Waals surface area contributed by atoms with Crippen LogP contribution in [0.2, 0.25) is 0 Å². The molecule has 3 aliphatic rings. The second-order valence-electron chi connectivity index (χ2n) is 7.70. The molecule has 1 unspecified atom stereocenters. The molecule has 0 saturated carbocycles. The van der Waals surface area contributed by atoms with Gasteiger partial charge in [0.05, 0.1) is 0 Å². The number of hydrogen-bond acceptors (Lipinski definition) is 6. The van der Waals surface area contributed by atoms with Crippen molar-refractivity contribution in [1.29, 1.82) is 0 Å². The largest absolute Gasteiger partial charge is 0.370 e. The average Bonchev–Trinajstić information content (AvgIpc) is 2.73. The number of aliphatic imine (C=N–C) groups is 1. The van der Waals surface area contributed by atoms with Crippen LogP contribution in [0.15, 0.2) is 50.8 Å². The smallest absolute Gasteiger partial charge is 0.328 e. The Morgan fingerprint density at radius 3 is 2.68 bits per heavy atom. The monoisotopic (exact) mass is 425 g/mol. The Hall–Kier alpha value is -3.49. The van der Waals surface area contributed by atoms with Gasteiger partial charge in [-0.05, 0) is 57.8 Å². The Morgan fingerprint density at radius 1 is 1.23 bits per heavy atom. The highest BCUT2D eigenvalue weighted by molar-refractivity contribution is 6.00. The highest BCUT2D eigenvalue weighted by atomic mass is 16.2. The number of carbonyl (C=O) groups excluding carboxylic acids is 2. The van der Waals surface area contributed by atoms with Crippen molar-refractivity contribution in [3.05, 3.63) is 68.3 Å². The molecule has 0 spiro atoms. The van der Waals surface area contributed by atoms with Gasteiger partial charge in [-0.2, -0.15) is 0 Å². The van der Waals surface area contributed by atoms with E-state index in [4.69, 9.17) is 5.73 Å². The lowest BCUT2D eigenvalue weighted by molar-refractivity contribution is -0.119. The third-order valence-corrected chi connectivity index (χ3v) is 5.36. The molecule has 31 heavy (non-hydrogen) atoms. The van der Waals surface area contributed by atoms with Gasteiger partial charge in [0.15, 0.2) is 5.78 Å². The molecule has 164 valence electrons. The van der Waals surface area contributed by atoms with Crippen molar-refractivity contribution in [3.63, 3.8) is 0 Å². The number of primary amides is 1. The summed E-state index contributed by atoms with van der Waals surface area (Å²) in [5, 5.41) is 0. The highest BCUT2D eigenvalue weighted by Crippen LogP contribution is 2.18. The Kier molecular flexibility index (Phi) is 6.84. The van der Waals surface area contributed by atoms with Crippen LogP contribution in [0.4, 0.5) is 0 Å². The number of aromatic amines is 1. The fourth-order valence-electron chi connectivity index (χ4n) is 3.87. The first kappa shape index (κ1) is 22.2. The van der Waals surface area contributed by atoms with Gasteiger partial charge in [-0.25, -0.2) is 9.79 Å². The molecule has 3 heterocycles. The number of ketones is 1. The minimum Gasteiger partial charge on any atom is -0.370 e. The van der Waals surface area contributed by atoms with Crippen LogP contribution >= 0.6 is 0 Å². The molecule has 1 atom stereocenters. The van der Waals surface area contributed by atoms with Gasteiger partial charge in [-0.3, -0.25) is 23.9 Å². The number of nitrogens with one attached hydrogen (secondary N) is 1. The maximum Gasteiger partial charge on any atom is 0.328 e. The summed E-state index contributed by atoms with van der Waals surface area (Å²) in [7, 11) is 0. The lowest BCUT2D eigenvalue weighted by atomic mass is 9.97. The van der Waals surface area contributed by atoms with Crippen LogP contribution < -0.4 is 17.0 Å². The minimum absolute atomic E-state index is 0.110. The second-order valence-corrected chi connectivity index (χ2v) is 7.70. The Morgan fingerprint density at radius 2 is 1.97 bits per heavy atom. The van der Waals surface area contributed by atoms with Gasteiger partial charge in [0.25, 0.3) is 5.56 Å². The number of fused-ring (bicyclic) bond motifs is 2. The van der Waals surface area contributed by atoms with Gasteiger partial charge in [0, 0.05) is 36.1 Å². The molecular formula is C22H27N5O4. The molecule has 1 aliphatic carbocycles. The SMILES string of the molecule is CC(=O)C1C=C(C)N=C2C=CC=CN21.NC(=O)CCn1c2c(c(=O)[nH]c1=O)CCCC2. The van der Waals surface area contributed by atoms with Crippen LogP contribution in [-0.4, -0.2) is 38.0 Å². The van der Waals surface area contributed by atoms with E-state index in [0.717, 1.165) is 30.1 Å². The van der Waals surface area contributed by atoms with Crippen LogP contribution in [0.5, 0.6) is 0 Å². The first-order valence-electron chi connectivity index (χ1n) is 10.3. The predicted octanol–water partition coefficient (Wildman–Crippen LogP) is 0.936. The number of allylic oxidation sites excluding steroid dienone is 3. The number of H-pyrrole nitrogens is 1. The highest BCUT2D eigenvalue weighted by Gasteiger charge is 2.25. The lowest BCUT2D eigenvalue weighted by Crippen LogP contribution is -2.41. The normalized spacial score (nSPS) is 18.8. The Labute approximate surface area is 179 Å². The standard InChI is InChI=1S/C11H15N3O3.C11H12N2O/c12-9(15)5-6-14-8-4-2-1-3-7(8)10(16)13-11(14)17;1-8-7-10(9(2)14)13-6-4-3-5-11(13)12-8/h1-6H2,(H2,12,15)(H,13,16,17);3-7,10H,1-2H3. The van der Waals surface area contributed by atoms with Gasteiger partial charge in [-0.15, -0.1) is 0 Å². The number of amides is 1. The molecule has 2 aliphatic heterocycles. The van der Waals surface area contributed by atoms with E-state index >= 15 is 0 Å². The number of Topliss-reactive ketones (excluding diaryl/α,β-unsaturated/α-hetero) is 1. The number of nitrogens with two attached hydrogens (primary N) is 1. The number of carbonyl (C=O) groups is 2. The van der Waals surface area contributed by atoms with Crippen LogP contribution in [0.1, 0.15) is 44.4 Å². The lowest BCUT2D eigenvalue weighted by Gasteiger charge is -2.31. The molecule has 9 heteroatoms. The molecule has 0 aromatic carbocycles. The van der Waals surface area contributed by atoms with E-state index in [1.165, 1.54) is 4.57 Å². The Balaban J connectivity index is 0.000000179. The topological polar surface area (TPSA) is 131 Å². The van der Waals surface area contributed by atoms with Gasteiger partial charge in [0.2, 0.25) is 5.91 Å². The van der Waals surface area contributed by atoms with E-state index in [1.54, 1.807) is 6.92 Å². The molecule has 0 radical (unpaired) electrons. The van der Waals surface area contributed by atoms with Crippen LogP contribution in [0, 0.1) is 0 Å². The third-order valence-electron chi connectivity index (χ3n) is 5.36. The molecule has 1 aromatic rings. The summed E-state index contributed by atoms with van der Waals surface area (Å²) < 4.78 is 1.47. The van der Waals surface area contributed by atoms with E-state index in [9.17, 15) is 19.2 Å². The molecule has 0 saturated heterocycles. The van der Waals surface area contributed by atoms with E-state index in [1.807, 2.05) is 42.3 Å². The molecular weight excluding hydrogens is 398 g/mol. The van der Waals surface area contributed by atoms with E-state index in [-0.39, 0.29) is 30.3 Å². The zero-order chi connectivity index (χ0) is 22.5. The fraction of sp³-hybridized carbons (Fsp3) is 0.409.